The molecular weight excluding hydrogens is 455 g/mol. The minimum absolute atomic E-state index is 0. The zero-order chi connectivity index (χ0) is 18.4. The third kappa shape index (κ3) is 5.56. The van der Waals surface area contributed by atoms with Crippen LogP contribution in [-0.2, 0) is 13.1 Å². The Hall–Kier alpha value is -2.36. The SMILES string of the molecule is CCNC(=NCc1cc(C)cc(OC)c1)NCc1nnc2ccccn12.I. The van der Waals surface area contributed by atoms with E-state index in [0.717, 1.165) is 40.9 Å². The summed E-state index contributed by atoms with van der Waals surface area (Å²) >= 11 is 0. The van der Waals surface area contributed by atoms with E-state index in [1.165, 1.54) is 0 Å². The molecule has 0 aliphatic carbocycles. The van der Waals surface area contributed by atoms with Gasteiger partial charge >= 0.3 is 0 Å². The van der Waals surface area contributed by atoms with Crippen LogP contribution in [0.2, 0.25) is 0 Å². The van der Waals surface area contributed by atoms with Crippen LogP contribution in [0.25, 0.3) is 5.65 Å². The van der Waals surface area contributed by atoms with Gasteiger partial charge in [-0.3, -0.25) is 4.40 Å². The molecule has 0 amide bonds. The van der Waals surface area contributed by atoms with Gasteiger partial charge in [0.1, 0.15) is 5.75 Å². The van der Waals surface area contributed by atoms with Crippen molar-refractivity contribution in [3.63, 3.8) is 0 Å². The number of guanidine groups is 1. The summed E-state index contributed by atoms with van der Waals surface area (Å²) < 4.78 is 7.29. The van der Waals surface area contributed by atoms with Crippen LogP contribution in [0.5, 0.6) is 5.75 Å². The van der Waals surface area contributed by atoms with Crippen LogP contribution in [0.3, 0.4) is 0 Å². The van der Waals surface area contributed by atoms with Gasteiger partial charge in [-0.1, -0.05) is 12.1 Å². The predicted molar refractivity (Wildman–Crippen MR) is 118 cm³/mol. The Labute approximate surface area is 176 Å². The van der Waals surface area contributed by atoms with Gasteiger partial charge in [0.05, 0.1) is 20.2 Å². The average Bonchev–Trinajstić information content (AvgIpc) is 3.07. The van der Waals surface area contributed by atoms with Crippen molar-refractivity contribution in [2.75, 3.05) is 13.7 Å². The lowest BCUT2D eigenvalue weighted by Crippen LogP contribution is -2.37. The van der Waals surface area contributed by atoms with Crippen LogP contribution >= 0.6 is 24.0 Å². The van der Waals surface area contributed by atoms with Crippen LogP contribution in [0.1, 0.15) is 23.9 Å². The third-order valence-electron chi connectivity index (χ3n) is 3.91. The molecule has 0 atom stereocenters. The molecule has 0 radical (unpaired) electrons. The van der Waals surface area contributed by atoms with E-state index in [2.05, 4.69) is 38.8 Å². The van der Waals surface area contributed by atoms with Crippen molar-refractivity contribution in [2.24, 2.45) is 4.99 Å². The maximum absolute atomic E-state index is 5.33. The Morgan fingerprint density at radius 2 is 2.04 bits per heavy atom. The normalized spacial score (nSPS) is 11.1. The highest BCUT2D eigenvalue weighted by Gasteiger charge is 2.06. The maximum Gasteiger partial charge on any atom is 0.191 e. The largest absolute Gasteiger partial charge is 0.497 e. The van der Waals surface area contributed by atoms with E-state index < -0.39 is 0 Å². The molecule has 2 heterocycles. The second-order valence-electron chi connectivity index (χ2n) is 5.95. The van der Waals surface area contributed by atoms with E-state index in [1.807, 2.05) is 47.9 Å². The molecule has 2 N–H and O–H groups in total. The molecule has 3 aromatic rings. The molecule has 3 rings (SSSR count). The van der Waals surface area contributed by atoms with Gasteiger partial charge in [0.2, 0.25) is 0 Å². The monoisotopic (exact) mass is 480 g/mol. The fraction of sp³-hybridized carbons (Fsp3) is 0.316. The van der Waals surface area contributed by atoms with Gasteiger partial charge in [-0.15, -0.1) is 34.2 Å². The highest BCUT2D eigenvalue weighted by molar-refractivity contribution is 14.0. The van der Waals surface area contributed by atoms with Gasteiger partial charge in [0, 0.05) is 12.7 Å². The lowest BCUT2D eigenvalue weighted by molar-refractivity contribution is 0.414. The Morgan fingerprint density at radius 1 is 1.19 bits per heavy atom. The number of rotatable bonds is 6. The number of aryl methyl sites for hydroxylation is 1. The predicted octanol–water partition coefficient (Wildman–Crippen LogP) is 2.92. The van der Waals surface area contributed by atoms with Crippen molar-refractivity contribution >= 4 is 35.6 Å². The summed E-state index contributed by atoms with van der Waals surface area (Å²) in [5.74, 6) is 2.42. The number of fused-ring (bicyclic) bond motifs is 1. The minimum Gasteiger partial charge on any atom is -0.497 e. The van der Waals surface area contributed by atoms with E-state index >= 15 is 0 Å². The molecule has 1 aromatic carbocycles. The zero-order valence-corrected chi connectivity index (χ0v) is 18.1. The second-order valence-corrected chi connectivity index (χ2v) is 5.95. The number of pyridine rings is 1. The Kier molecular flexibility index (Phi) is 7.83. The van der Waals surface area contributed by atoms with E-state index in [1.54, 1.807) is 7.11 Å². The molecule has 0 aliphatic rings. The van der Waals surface area contributed by atoms with E-state index in [-0.39, 0.29) is 24.0 Å². The van der Waals surface area contributed by atoms with Crippen LogP contribution in [0.4, 0.5) is 0 Å². The molecule has 0 bridgehead atoms. The van der Waals surface area contributed by atoms with Crippen molar-refractivity contribution < 1.29 is 4.74 Å². The number of aromatic nitrogens is 3. The third-order valence-corrected chi connectivity index (χ3v) is 3.91. The van der Waals surface area contributed by atoms with Crippen molar-refractivity contribution in [2.45, 2.75) is 26.9 Å². The molecule has 27 heavy (non-hydrogen) atoms. The first-order valence-corrected chi connectivity index (χ1v) is 8.65. The second kappa shape index (κ2) is 10.1. The summed E-state index contributed by atoms with van der Waals surface area (Å²) in [6.45, 7) is 5.97. The number of nitrogens with zero attached hydrogens (tertiary/aromatic N) is 4. The van der Waals surface area contributed by atoms with Gasteiger partial charge in [-0.25, -0.2) is 4.99 Å². The Balaban J connectivity index is 0.00000261. The number of hydrogen-bond donors (Lipinski definition) is 2. The summed E-state index contributed by atoms with van der Waals surface area (Å²) in [5.41, 5.74) is 3.09. The van der Waals surface area contributed by atoms with Crippen molar-refractivity contribution in [1.29, 1.82) is 0 Å². The highest BCUT2D eigenvalue weighted by atomic mass is 127. The first kappa shape index (κ1) is 20.9. The van der Waals surface area contributed by atoms with Crippen LogP contribution in [0, 0.1) is 6.92 Å². The molecule has 7 nitrogen and oxygen atoms in total. The van der Waals surface area contributed by atoms with Crippen molar-refractivity contribution in [3.05, 3.63) is 59.5 Å². The van der Waals surface area contributed by atoms with Gasteiger partial charge in [-0.2, -0.15) is 0 Å². The number of aliphatic imine (C=N–C) groups is 1. The number of halogens is 1. The molecule has 144 valence electrons. The summed E-state index contributed by atoms with van der Waals surface area (Å²) in [5, 5.41) is 15.0. The molecule has 2 aromatic heterocycles. The number of benzene rings is 1. The molecule has 0 aliphatic heterocycles. The lowest BCUT2D eigenvalue weighted by atomic mass is 10.1. The number of ether oxygens (including phenoxy) is 1. The zero-order valence-electron chi connectivity index (χ0n) is 15.8. The van der Waals surface area contributed by atoms with Gasteiger partial charge < -0.3 is 15.4 Å². The van der Waals surface area contributed by atoms with Gasteiger partial charge in [0.25, 0.3) is 0 Å². The summed E-state index contributed by atoms with van der Waals surface area (Å²) in [6.07, 6.45) is 1.95. The molecule has 0 unspecified atom stereocenters. The van der Waals surface area contributed by atoms with Crippen LogP contribution < -0.4 is 15.4 Å². The number of hydrogen-bond acceptors (Lipinski definition) is 4. The lowest BCUT2D eigenvalue weighted by Gasteiger charge is -2.11. The summed E-state index contributed by atoms with van der Waals surface area (Å²) in [6, 6.07) is 12.0. The number of methoxy groups -OCH3 is 1. The van der Waals surface area contributed by atoms with Gasteiger partial charge in [-0.05, 0) is 49.2 Å². The molecule has 0 saturated heterocycles. The maximum atomic E-state index is 5.33. The minimum atomic E-state index is 0. The van der Waals surface area contributed by atoms with Gasteiger partial charge in [0.15, 0.2) is 17.4 Å². The first-order chi connectivity index (χ1) is 12.7. The first-order valence-electron chi connectivity index (χ1n) is 8.65. The molecule has 0 fully saturated rings. The summed E-state index contributed by atoms with van der Waals surface area (Å²) in [7, 11) is 1.68. The van der Waals surface area contributed by atoms with E-state index in [0.29, 0.717) is 13.1 Å². The fourth-order valence-electron chi connectivity index (χ4n) is 2.72. The molecule has 8 heteroatoms. The van der Waals surface area contributed by atoms with Crippen molar-refractivity contribution in [3.8, 4) is 5.75 Å². The molecular formula is C19H25IN6O. The molecule has 0 spiro atoms. The quantitative estimate of drug-likeness (QED) is 0.323. The van der Waals surface area contributed by atoms with Crippen molar-refractivity contribution in [1.82, 2.24) is 25.2 Å². The standard InChI is InChI=1S/C19H24N6O.HI/c1-4-20-19(21-12-15-9-14(2)10-16(11-15)26-3)22-13-18-24-23-17-7-5-6-8-25(17)18;/h5-11H,4,12-13H2,1-3H3,(H2,20,21,22);1H. The fourth-order valence-corrected chi connectivity index (χ4v) is 2.72. The molecule has 0 saturated carbocycles. The van der Waals surface area contributed by atoms with E-state index in [4.69, 9.17) is 4.74 Å². The van der Waals surface area contributed by atoms with Crippen LogP contribution in [0.15, 0.2) is 47.6 Å². The smallest absolute Gasteiger partial charge is 0.191 e. The number of nitrogens with one attached hydrogen (secondary N) is 2. The summed E-state index contributed by atoms with van der Waals surface area (Å²) in [4.78, 5) is 4.66. The van der Waals surface area contributed by atoms with Crippen LogP contribution in [-0.4, -0.2) is 34.2 Å². The topological polar surface area (TPSA) is 75.8 Å². The average molecular weight is 480 g/mol. The Bertz CT molecular complexity index is 908. The van der Waals surface area contributed by atoms with E-state index in [9.17, 15) is 0 Å². The Morgan fingerprint density at radius 3 is 2.81 bits per heavy atom. The highest BCUT2D eigenvalue weighted by Crippen LogP contribution is 2.17.